The Morgan fingerprint density at radius 3 is 2.45 bits per heavy atom. The minimum Gasteiger partial charge on any atom is -0.490 e. The number of carbonyl (C=O) groups excluding carboxylic acids is 1. The minimum absolute atomic E-state index is 0.255. The van der Waals surface area contributed by atoms with Gasteiger partial charge in [-0.15, -0.1) is 0 Å². The third-order valence-electron chi connectivity index (χ3n) is 5.14. The van der Waals surface area contributed by atoms with Gasteiger partial charge in [-0.1, -0.05) is 0 Å². The van der Waals surface area contributed by atoms with E-state index < -0.39 is 11.8 Å². The maximum Gasteiger partial charge on any atom is 0.343 e. The van der Waals surface area contributed by atoms with Crippen LogP contribution in [0, 0.1) is 5.82 Å². The fourth-order valence-electron chi connectivity index (χ4n) is 3.42. The average molecular weight is 448 g/mol. The molecule has 0 aliphatic carbocycles. The molecule has 0 aromatic heterocycles. The van der Waals surface area contributed by atoms with Gasteiger partial charge in [-0.3, -0.25) is 4.99 Å². The lowest BCUT2D eigenvalue weighted by Crippen LogP contribution is -2.36. The molecule has 0 amide bonds. The van der Waals surface area contributed by atoms with Crippen molar-refractivity contribution in [2.75, 3.05) is 37.8 Å². The summed E-state index contributed by atoms with van der Waals surface area (Å²) in [5.74, 6) is -0.281. The molecule has 0 saturated carbocycles. The van der Waals surface area contributed by atoms with E-state index in [-0.39, 0.29) is 11.3 Å². The second-order valence-electron chi connectivity index (χ2n) is 7.41. The monoisotopic (exact) mass is 448 g/mol. The lowest BCUT2D eigenvalue weighted by atomic mass is 10.2. The molecule has 1 aliphatic heterocycles. The second kappa shape index (κ2) is 10.7. The van der Waals surface area contributed by atoms with Gasteiger partial charge in [0.25, 0.3) is 0 Å². The number of morpholine rings is 1. The van der Waals surface area contributed by atoms with Crippen molar-refractivity contribution in [3.05, 3.63) is 83.7 Å². The molecule has 0 spiro atoms. The molecule has 1 aliphatic rings. The Labute approximate surface area is 192 Å². The summed E-state index contributed by atoms with van der Waals surface area (Å²) in [7, 11) is 0. The number of aliphatic imine (C=N–C) groups is 1. The minimum atomic E-state index is -0.585. The lowest BCUT2D eigenvalue weighted by Gasteiger charge is -2.28. The molecule has 1 saturated heterocycles. The standard InChI is InChI=1S/C26H25FN2O4/c1-2-32-25-17-19(3-12-24(25)33-26(30)20-4-6-21(27)7-5-20)18-28-22-8-10-23(11-9-22)29-13-15-31-16-14-29/h3-12,17-18H,2,13-16H2,1H3. The first-order chi connectivity index (χ1) is 16.1. The summed E-state index contributed by atoms with van der Waals surface area (Å²) in [6.45, 7) is 5.53. The van der Waals surface area contributed by atoms with E-state index in [4.69, 9.17) is 14.2 Å². The summed E-state index contributed by atoms with van der Waals surface area (Å²) in [4.78, 5) is 19.2. The summed E-state index contributed by atoms with van der Waals surface area (Å²) >= 11 is 0. The summed E-state index contributed by atoms with van der Waals surface area (Å²) in [6, 6.07) is 18.5. The molecule has 1 heterocycles. The number of rotatable bonds is 7. The number of anilines is 1. The highest BCUT2D eigenvalue weighted by molar-refractivity contribution is 5.91. The maximum atomic E-state index is 13.1. The molecule has 0 radical (unpaired) electrons. The van der Waals surface area contributed by atoms with E-state index in [1.165, 1.54) is 24.3 Å². The molecular formula is C26H25FN2O4. The molecule has 6 nitrogen and oxygen atoms in total. The Morgan fingerprint density at radius 2 is 1.76 bits per heavy atom. The zero-order chi connectivity index (χ0) is 23.0. The van der Waals surface area contributed by atoms with Crippen LogP contribution in [0.5, 0.6) is 11.5 Å². The summed E-state index contributed by atoms with van der Waals surface area (Å²) < 4.78 is 29.6. The number of carbonyl (C=O) groups is 1. The maximum absolute atomic E-state index is 13.1. The van der Waals surface area contributed by atoms with Crippen LogP contribution >= 0.6 is 0 Å². The van der Waals surface area contributed by atoms with Gasteiger partial charge in [0.15, 0.2) is 11.5 Å². The van der Waals surface area contributed by atoms with Crippen LogP contribution in [0.25, 0.3) is 0 Å². The highest BCUT2D eigenvalue weighted by atomic mass is 19.1. The summed E-state index contributed by atoms with van der Waals surface area (Å²) in [5.41, 5.74) is 3.04. The molecule has 3 aromatic rings. The van der Waals surface area contributed by atoms with Gasteiger partial charge < -0.3 is 19.1 Å². The van der Waals surface area contributed by atoms with Gasteiger partial charge in [-0.2, -0.15) is 0 Å². The molecule has 4 rings (SSSR count). The van der Waals surface area contributed by atoms with Gasteiger partial charge in [0.1, 0.15) is 5.82 Å². The first-order valence-electron chi connectivity index (χ1n) is 10.8. The molecule has 33 heavy (non-hydrogen) atoms. The normalized spacial score (nSPS) is 13.8. The predicted octanol–water partition coefficient (Wildman–Crippen LogP) is 5.03. The number of ether oxygens (including phenoxy) is 3. The van der Waals surface area contributed by atoms with E-state index in [2.05, 4.69) is 22.0 Å². The molecule has 0 N–H and O–H groups in total. The van der Waals surface area contributed by atoms with Crippen LogP contribution in [0.2, 0.25) is 0 Å². The van der Waals surface area contributed by atoms with Gasteiger partial charge in [0.05, 0.1) is 31.1 Å². The van der Waals surface area contributed by atoms with Crippen LogP contribution < -0.4 is 14.4 Å². The second-order valence-corrected chi connectivity index (χ2v) is 7.41. The van der Waals surface area contributed by atoms with Crippen LogP contribution in [0.3, 0.4) is 0 Å². The molecule has 170 valence electrons. The Kier molecular flexibility index (Phi) is 7.32. The van der Waals surface area contributed by atoms with Crippen LogP contribution in [0.1, 0.15) is 22.8 Å². The molecular weight excluding hydrogens is 423 g/mol. The number of halogens is 1. The molecule has 1 fully saturated rings. The first kappa shape index (κ1) is 22.5. The topological polar surface area (TPSA) is 60.4 Å². The van der Waals surface area contributed by atoms with Crippen molar-refractivity contribution >= 4 is 23.6 Å². The van der Waals surface area contributed by atoms with Crippen molar-refractivity contribution in [2.24, 2.45) is 4.99 Å². The van der Waals surface area contributed by atoms with Crippen molar-refractivity contribution in [1.82, 2.24) is 0 Å². The molecule has 0 bridgehead atoms. The van der Waals surface area contributed by atoms with Crippen molar-refractivity contribution in [2.45, 2.75) is 6.92 Å². The van der Waals surface area contributed by atoms with Crippen LogP contribution in [0.15, 0.2) is 71.7 Å². The van der Waals surface area contributed by atoms with Crippen molar-refractivity contribution in [3.63, 3.8) is 0 Å². The number of hydrogen-bond acceptors (Lipinski definition) is 6. The van der Waals surface area contributed by atoms with Crippen LogP contribution in [0.4, 0.5) is 15.8 Å². The Bertz CT molecular complexity index is 1110. The Balaban J connectivity index is 1.45. The van der Waals surface area contributed by atoms with E-state index in [1.807, 2.05) is 19.1 Å². The van der Waals surface area contributed by atoms with Crippen molar-refractivity contribution in [1.29, 1.82) is 0 Å². The van der Waals surface area contributed by atoms with Gasteiger partial charge in [0, 0.05) is 25.0 Å². The van der Waals surface area contributed by atoms with Crippen molar-refractivity contribution < 1.29 is 23.4 Å². The van der Waals surface area contributed by atoms with Gasteiger partial charge in [-0.05, 0) is 79.2 Å². The summed E-state index contributed by atoms with van der Waals surface area (Å²) in [6.07, 6.45) is 1.73. The smallest absolute Gasteiger partial charge is 0.343 e. The average Bonchev–Trinajstić information content (AvgIpc) is 2.85. The zero-order valence-electron chi connectivity index (χ0n) is 18.4. The third kappa shape index (κ3) is 5.96. The van der Waals surface area contributed by atoms with Gasteiger partial charge in [0.2, 0.25) is 0 Å². The number of esters is 1. The summed E-state index contributed by atoms with van der Waals surface area (Å²) in [5, 5.41) is 0. The van der Waals surface area contributed by atoms with E-state index in [0.717, 1.165) is 43.2 Å². The Hall–Kier alpha value is -3.71. The highest BCUT2D eigenvalue weighted by Crippen LogP contribution is 2.29. The van der Waals surface area contributed by atoms with E-state index >= 15 is 0 Å². The van der Waals surface area contributed by atoms with E-state index in [0.29, 0.717) is 12.4 Å². The van der Waals surface area contributed by atoms with E-state index in [9.17, 15) is 9.18 Å². The molecule has 3 aromatic carbocycles. The highest BCUT2D eigenvalue weighted by Gasteiger charge is 2.14. The molecule has 0 unspecified atom stereocenters. The fraction of sp³-hybridized carbons (Fsp3) is 0.231. The number of hydrogen-bond donors (Lipinski definition) is 0. The largest absolute Gasteiger partial charge is 0.490 e. The number of benzene rings is 3. The quantitative estimate of drug-likeness (QED) is 0.288. The first-order valence-corrected chi connectivity index (χ1v) is 10.8. The van der Waals surface area contributed by atoms with E-state index in [1.54, 1.807) is 24.4 Å². The Morgan fingerprint density at radius 1 is 1.03 bits per heavy atom. The third-order valence-corrected chi connectivity index (χ3v) is 5.14. The zero-order valence-corrected chi connectivity index (χ0v) is 18.4. The van der Waals surface area contributed by atoms with Crippen LogP contribution in [-0.2, 0) is 4.74 Å². The van der Waals surface area contributed by atoms with Crippen molar-refractivity contribution in [3.8, 4) is 11.5 Å². The lowest BCUT2D eigenvalue weighted by molar-refractivity contribution is 0.0728. The number of nitrogens with zero attached hydrogens (tertiary/aromatic N) is 2. The van der Waals surface area contributed by atoms with Gasteiger partial charge >= 0.3 is 5.97 Å². The fourth-order valence-corrected chi connectivity index (χ4v) is 3.42. The predicted molar refractivity (Wildman–Crippen MR) is 126 cm³/mol. The molecule has 0 atom stereocenters. The van der Waals surface area contributed by atoms with Crippen LogP contribution in [-0.4, -0.2) is 45.1 Å². The molecule has 7 heteroatoms. The van der Waals surface area contributed by atoms with Gasteiger partial charge in [-0.25, -0.2) is 9.18 Å². The SMILES string of the molecule is CCOc1cc(C=Nc2ccc(N3CCOCC3)cc2)ccc1OC(=O)c1ccc(F)cc1.